The first-order chi connectivity index (χ1) is 20.9. The van der Waals surface area contributed by atoms with E-state index in [9.17, 15) is 18.8 Å². The van der Waals surface area contributed by atoms with Crippen molar-refractivity contribution < 1.29 is 23.5 Å². The van der Waals surface area contributed by atoms with Crippen LogP contribution in [0.1, 0.15) is 28.2 Å². The smallest absolute Gasteiger partial charge is 0.408 e. The number of hydrogen-bond donors (Lipinski definition) is 2. The van der Waals surface area contributed by atoms with Gasteiger partial charge in [0.05, 0.1) is 5.69 Å². The molecule has 1 aromatic heterocycles. The first-order valence-corrected chi connectivity index (χ1v) is 15.3. The van der Waals surface area contributed by atoms with E-state index >= 15 is 0 Å². The molecule has 11 heteroatoms. The number of thioether (sulfide) groups is 1. The van der Waals surface area contributed by atoms with Gasteiger partial charge in [-0.2, -0.15) is 0 Å². The van der Waals surface area contributed by atoms with Crippen LogP contribution in [0, 0.1) is 5.82 Å². The molecule has 2 heterocycles. The third kappa shape index (κ3) is 8.08. The SMILES string of the molecule is C[C@@H](NC(=O)OCc1ccccc1)C(=O)Nc1ccc(C2SC(=Nc3cccc(F)c3)N(CCc3cccs3)C2=O)cc1. The van der Waals surface area contributed by atoms with Gasteiger partial charge in [0, 0.05) is 17.1 Å². The lowest BCUT2D eigenvalue weighted by molar-refractivity contribution is -0.126. The lowest BCUT2D eigenvalue weighted by atomic mass is 10.1. The van der Waals surface area contributed by atoms with Gasteiger partial charge < -0.3 is 15.4 Å². The zero-order valence-corrected chi connectivity index (χ0v) is 24.9. The number of benzene rings is 3. The number of rotatable bonds is 10. The second kappa shape index (κ2) is 14.1. The molecule has 3 amide bonds. The van der Waals surface area contributed by atoms with Crippen LogP contribution >= 0.6 is 23.1 Å². The van der Waals surface area contributed by atoms with Crippen LogP contribution in [0.25, 0.3) is 0 Å². The molecule has 2 N–H and O–H groups in total. The van der Waals surface area contributed by atoms with Gasteiger partial charge in [0.2, 0.25) is 11.8 Å². The molecule has 1 aliphatic heterocycles. The molecule has 1 saturated heterocycles. The van der Waals surface area contributed by atoms with Crippen LogP contribution in [0.15, 0.2) is 101 Å². The predicted octanol–water partition coefficient (Wildman–Crippen LogP) is 6.69. The molecule has 2 atom stereocenters. The van der Waals surface area contributed by atoms with Crippen LogP contribution < -0.4 is 10.6 Å². The molecule has 0 bridgehead atoms. The maximum Gasteiger partial charge on any atom is 0.408 e. The van der Waals surface area contributed by atoms with Gasteiger partial charge >= 0.3 is 6.09 Å². The maximum atomic E-state index is 13.8. The number of anilines is 1. The van der Waals surface area contributed by atoms with Gasteiger partial charge in [-0.25, -0.2) is 14.2 Å². The number of thiophene rings is 1. The number of hydrogen-bond acceptors (Lipinski definition) is 7. The first kappa shape index (κ1) is 30.0. The molecule has 8 nitrogen and oxygen atoms in total. The Balaban J connectivity index is 1.21. The molecular weight excluding hydrogens is 588 g/mol. The second-order valence-corrected chi connectivity index (χ2v) is 11.8. The quantitative estimate of drug-likeness (QED) is 0.207. The molecule has 4 aromatic rings. The number of nitrogens with one attached hydrogen (secondary N) is 2. The Bertz CT molecular complexity index is 1600. The monoisotopic (exact) mass is 616 g/mol. The minimum Gasteiger partial charge on any atom is -0.445 e. The molecule has 1 aliphatic rings. The summed E-state index contributed by atoms with van der Waals surface area (Å²) >= 11 is 2.94. The highest BCUT2D eigenvalue weighted by Crippen LogP contribution is 2.41. The van der Waals surface area contributed by atoms with E-state index < -0.39 is 29.1 Å². The highest BCUT2D eigenvalue weighted by atomic mass is 32.2. The molecule has 0 saturated carbocycles. The van der Waals surface area contributed by atoms with Crippen molar-refractivity contribution in [1.82, 2.24) is 10.2 Å². The number of aliphatic imine (C=N–C) groups is 1. The highest BCUT2D eigenvalue weighted by Gasteiger charge is 2.39. The van der Waals surface area contributed by atoms with Gasteiger partial charge in [-0.1, -0.05) is 66.4 Å². The summed E-state index contributed by atoms with van der Waals surface area (Å²) in [7, 11) is 0. The summed E-state index contributed by atoms with van der Waals surface area (Å²) in [6.45, 7) is 2.11. The van der Waals surface area contributed by atoms with Crippen molar-refractivity contribution in [2.75, 3.05) is 11.9 Å². The Morgan fingerprint density at radius 2 is 1.81 bits per heavy atom. The van der Waals surface area contributed by atoms with E-state index in [-0.39, 0.29) is 12.5 Å². The van der Waals surface area contributed by atoms with Gasteiger partial charge in [0.1, 0.15) is 23.7 Å². The molecule has 220 valence electrons. The van der Waals surface area contributed by atoms with Gasteiger partial charge in [-0.05, 0) is 66.2 Å². The minimum atomic E-state index is -0.839. The lowest BCUT2D eigenvalue weighted by Crippen LogP contribution is -2.41. The van der Waals surface area contributed by atoms with Crippen molar-refractivity contribution >= 4 is 57.5 Å². The van der Waals surface area contributed by atoms with Crippen LogP contribution in [-0.4, -0.2) is 40.6 Å². The van der Waals surface area contributed by atoms with E-state index in [4.69, 9.17) is 4.74 Å². The fourth-order valence-corrected chi connectivity index (χ4v) is 6.19. The van der Waals surface area contributed by atoms with Crippen LogP contribution in [0.3, 0.4) is 0 Å². The normalized spacial score (nSPS) is 16.2. The Labute approximate surface area is 257 Å². The van der Waals surface area contributed by atoms with Gasteiger partial charge in [0.15, 0.2) is 5.17 Å². The predicted molar refractivity (Wildman–Crippen MR) is 168 cm³/mol. The molecule has 1 fully saturated rings. The molecule has 1 unspecified atom stereocenters. The zero-order valence-electron chi connectivity index (χ0n) is 23.2. The average molecular weight is 617 g/mol. The van der Waals surface area contributed by atoms with Crippen molar-refractivity contribution in [2.45, 2.75) is 31.2 Å². The summed E-state index contributed by atoms with van der Waals surface area (Å²) < 4.78 is 19.0. The summed E-state index contributed by atoms with van der Waals surface area (Å²) in [5.74, 6) is -0.926. The summed E-state index contributed by atoms with van der Waals surface area (Å²) in [6.07, 6.45) is -0.0199. The van der Waals surface area contributed by atoms with Gasteiger partial charge in [0.25, 0.3) is 0 Å². The molecule has 43 heavy (non-hydrogen) atoms. The minimum absolute atomic E-state index is 0.0977. The summed E-state index contributed by atoms with van der Waals surface area (Å²) in [5.41, 5.74) is 2.53. The molecule has 0 spiro atoms. The number of nitrogens with zero attached hydrogens (tertiary/aromatic N) is 2. The third-order valence-corrected chi connectivity index (χ3v) is 8.73. The standard InChI is InChI=1S/C32H29FN4O4S2/c1-21(34-32(40)41-20-22-7-3-2-4-8-22)29(38)35-25-14-12-23(13-15-25)28-30(39)37(17-16-27-11-6-18-42-27)31(43-28)36-26-10-5-9-24(33)19-26/h2-15,18-19,21,28H,16-17,20H2,1H3,(H,34,40)(H,35,38)/t21-,28?/m1/s1. The number of amides is 3. The summed E-state index contributed by atoms with van der Waals surface area (Å²) in [6, 6.07) is 25.3. The molecule has 5 rings (SSSR count). The fraction of sp³-hybridized carbons (Fsp3) is 0.188. The number of carbonyl (C=O) groups is 3. The van der Waals surface area contributed by atoms with Gasteiger partial charge in [-0.3, -0.25) is 14.5 Å². The number of halogens is 1. The number of carbonyl (C=O) groups excluding carboxylic acids is 3. The van der Waals surface area contributed by atoms with Crippen LogP contribution in [0.5, 0.6) is 0 Å². The molecule has 3 aromatic carbocycles. The van der Waals surface area contributed by atoms with E-state index in [1.54, 1.807) is 59.6 Å². The van der Waals surface area contributed by atoms with E-state index in [1.807, 2.05) is 47.8 Å². The Morgan fingerprint density at radius 1 is 1.02 bits per heavy atom. The van der Waals surface area contributed by atoms with Crippen molar-refractivity contribution in [3.8, 4) is 0 Å². The number of alkyl carbamates (subject to hydrolysis) is 1. The van der Waals surface area contributed by atoms with Crippen LogP contribution in [0.2, 0.25) is 0 Å². The topological polar surface area (TPSA) is 100 Å². The van der Waals surface area contributed by atoms with Gasteiger partial charge in [-0.15, -0.1) is 11.3 Å². The van der Waals surface area contributed by atoms with Crippen molar-refractivity contribution in [2.24, 2.45) is 4.99 Å². The van der Waals surface area contributed by atoms with Crippen molar-refractivity contribution in [3.05, 3.63) is 118 Å². The fourth-order valence-electron chi connectivity index (χ4n) is 4.29. The molecule has 0 radical (unpaired) electrons. The van der Waals surface area contributed by atoms with E-state index in [0.717, 1.165) is 16.0 Å². The second-order valence-electron chi connectivity index (χ2n) is 9.73. The van der Waals surface area contributed by atoms with Crippen molar-refractivity contribution in [1.29, 1.82) is 0 Å². The van der Waals surface area contributed by atoms with E-state index in [0.29, 0.717) is 29.5 Å². The molecular formula is C32H29FN4O4S2. The maximum absolute atomic E-state index is 13.8. The summed E-state index contributed by atoms with van der Waals surface area (Å²) in [4.78, 5) is 45.8. The largest absolute Gasteiger partial charge is 0.445 e. The number of ether oxygens (including phenoxy) is 1. The highest BCUT2D eigenvalue weighted by molar-refractivity contribution is 8.15. The molecule has 0 aliphatic carbocycles. The Morgan fingerprint density at radius 3 is 2.53 bits per heavy atom. The Hall–Kier alpha value is -4.48. The first-order valence-electron chi connectivity index (χ1n) is 13.6. The van der Waals surface area contributed by atoms with E-state index in [2.05, 4.69) is 15.6 Å². The summed E-state index contributed by atoms with van der Waals surface area (Å²) in [5, 5.41) is 7.26. The zero-order chi connectivity index (χ0) is 30.2. The van der Waals surface area contributed by atoms with Crippen molar-refractivity contribution in [3.63, 3.8) is 0 Å². The Kier molecular flexibility index (Phi) is 9.85. The number of amidine groups is 1. The lowest BCUT2D eigenvalue weighted by Gasteiger charge is -2.16. The third-order valence-electron chi connectivity index (χ3n) is 6.56. The average Bonchev–Trinajstić information content (AvgIpc) is 3.63. The van der Waals surface area contributed by atoms with Crippen LogP contribution in [-0.2, 0) is 27.4 Å². The van der Waals surface area contributed by atoms with Crippen LogP contribution in [0.4, 0.5) is 20.6 Å². The van der Waals surface area contributed by atoms with E-state index in [1.165, 1.54) is 23.9 Å².